The third-order valence-corrected chi connectivity index (χ3v) is 3.77. The summed E-state index contributed by atoms with van der Waals surface area (Å²) >= 11 is 0. The van der Waals surface area contributed by atoms with Crippen LogP contribution in [0.2, 0.25) is 0 Å². The van der Waals surface area contributed by atoms with Crippen molar-refractivity contribution in [2.75, 3.05) is 5.73 Å². The SMILES string of the molecule is C/C=C/C(=O)C1CCC(c2cccnc2N)CC1. The number of hydrogen-bond acceptors (Lipinski definition) is 3. The maximum Gasteiger partial charge on any atom is 0.158 e. The van der Waals surface area contributed by atoms with E-state index in [4.69, 9.17) is 5.73 Å². The first-order valence-corrected chi connectivity index (χ1v) is 6.59. The van der Waals surface area contributed by atoms with Crippen LogP contribution in [0.4, 0.5) is 5.82 Å². The number of rotatable bonds is 3. The van der Waals surface area contributed by atoms with Gasteiger partial charge in [-0.25, -0.2) is 4.98 Å². The van der Waals surface area contributed by atoms with Gasteiger partial charge in [-0.3, -0.25) is 4.79 Å². The molecule has 2 N–H and O–H groups in total. The minimum absolute atomic E-state index is 0.204. The van der Waals surface area contributed by atoms with E-state index in [1.165, 1.54) is 0 Å². The number of nitrogens with two attached hydrogens (primary N) is 1. The predicted octanol–water partition coefficient (Wildman–Crippen LogP) is 3.08. The first-order chi connectivity index (χ1) is 8.72. The summed E-state index contributed by atoms with van der Waals surface area (Å²) in [6.45, 7) is 1.89. The number of ketones is 1. The Hall–Kier alpha value is -1.64. The standard InChI is InChI=1S/C15H20N2O/c1-2-4-14(18)12-8-6-11(7-9-12)13-5-3-10-17-15(13)16/h2-5,10-12H,6-9H2,1H3,(H2,16,17)/b4-2+. The van der Waals surface area contributed by atoms with E-state index in [1.54, 1.807) is 12.3 Å². The van der Waals surface area contributed by atoms with Gasteiger partial charge in [-0.05, 0) is 56.2 Å². The number of hydrogen-bond donors (Lipinski definition) is 1. The van der Waals surface area contributed by atoms with Crippen LogP contribution in [0, 0.1) is 5.92 Å². The molecule has 1 aromatic heterocycles. The molecule has 96 valence electrons. The summed E-state index contributed by atoms with van der Waals surface area (Å²) < 4.78 is 0. The van der Waals surface area contributed by atoms with Gasteiger partial charge in [0.1, 0.15) is 5.82 Å². The highest BCUT2D eigenvalue weighted by Gasteiger charge is 2.26. The van der Waals surface area contributed by atoms with Gasteiger partial charge >= 0.3 is 0 Å². The summed E-state index contributed by atoms with van der Waals surface area (Å²) in [7, 11) is 0. The highest BCUT2D eigenvalue weighted by molar-refractivity contribution is 5.91. The molecule has 0 unspecified atom stereocenters. The van der Waals surface area contributed by atoms with Crippen LogP contribution < -0.4 is 5.73 Å². The van der Waals surface area contributed by atoms with Crippen LogP contribution in [0.15, 0.2) is 30.5 Å². The van der Waals surface area contributed by atoms with Crippen LogP contribution in [-0.2, 0) is 4.79 Å². The molecule has 1 fully saturated rings. The fourth-order valence-corrected chi connectivity index (χ4v) is 2.76. The third-order valence-electron chi connectivity index (χ3n) is 3.77. The lowest BCUT2D eigenvalue weighted by molar-refractivity contribution is -0.119. The van der Waals surface area contributed by atoms with Crippen molar-refractivity contribution in [3.05, 3.63) is 36.0 Å². The van der Waals surface area contributed by atoms with Gasteiger partial charge in [-0.2, -0.15) is 0 Å². The van der Waals surface area contributed by atoms with Crippen LogP contribution in [0.25, 0.3) is 0 Å². The molecule has 0 saturated heterocycles. The van der Waals surface area contributed by atoms with E-state index in [-0.39, 0.29) is 11.7 Å². The Balaban J connectivity index is 1.99. The number of nitrogen functional groups attached to an aromatic ring is 1. The third kappa shape index (κ3) is 2.78. The molecule has 1 aliphatic rings. The summed E-state index contributed by atoms with van der Waals surface area (Å²) in [5.41, 5.74) is 7.05. The van der Waals surface area contributed by atoms with E-state index in [0.29, 0.717) is 11.7 Å². The molecule has 1 heterocycles. The Morgan fingerprint density at radius 3 is 2.72 bits per heavy atom. The highest BCUT2D eigenvalue weighted by Crippen LogP contribution is 2.37. The molecule has 1 aromatic rings. The van der Waals surface area contributed by atoms with E-state index in [1.807, 2.05) is 19.1 Å². The van der Waals surface area contributed by atoms with Crippen molar-refractivity contribution < 1.29 is 4.79 Å². The average molecular weight is 244 g/mol. The fraction of sp³-hybridized carbons (Fsp3) is 0.467. The molecule has 1 aliphatic carbocycles. The Morgan fingerprint density at radius 1 is 1.39 bits per heavy atom. The van der Waals surface area contributed by atoms with Gasteiger partial charge in [-0.1, -0.05) is 12.1 Å². The lowest BCUT2D eigenvalue weighted by Crippen LogP contribution is -2.20. The first-order valence-electron chi connectivity index (χ1n) is 6.59. The maximum atomic E-state index is 11.8. The summed E-state index contributed by atoms with van der Waals surface area (Å²) in [4.78, 5) is 15.9. The Bertz CT molecular complexity index is 446. The van der Waals surface area contributed by atoms with Crippen LogP contribution >= 0.6 is 0 Å². The molecule has 18 heavy (non-hydrogen) atoms. The molecular weight excluding hydrogens is 224 g/mol. The van der Waals surface area contributed by atoms with Gasteiger partial charge in [-0.15, -0.1) is 0 Å². The molecule has 3 heteroatoms. The normalized spacial score (nSPS) is 24.3. The number of anilines is 1. The lowest BCUT2D eigenvalue weighted by Gasteiger charge is -2.27. The van der Waals surface area contributed by atoms with Crippen molar-refractivity contribution in [1.29, 1.82) is 0 Å². The van der Waals surface area contributed by atoms with Crippen LogP contribution in [0.3, 0.4) is 0 Å². The molecular formula is C15H20N2O. The van der Waals surface area contributed by atoms with E-state index >= 15 is 0 Å². The van der Waals surface area contributed by atoms with Crippen molar-refractivity contribution >= 4 is 11.6 Å². The summed E-state index contributed by atoms with van der Waals surface area (Å²) in [6.07, 6.45) is 9.23. The van der Waals surface area contributed by atoms with Gasteiger partial charge in [0.15, 0.2) is 5.78 Å². The molecule has 0 radical (unpaired) electrons. The van der Waals surface area contributed by atoms with Crippen molar-refractivity contribution in [2.45, 2.75) is 38.5 Å². The van der Waals surface area contributed by atoms with Gasteiger partial charge < -0.3 is 5.73 Å². The quantitative estimate of drug-likeness (QED) is 0.831. The first kappa shape index (κ1) is 12.8. The fourth-order valence-electron chi connectivity index (χ4n) is 2.76. The Morgan fingerprint density at radius 2 is 2.11 bits per heavy atom. The zero-order valence-electron chi connectivity index (χ0n) is 10.8. The minimum Gasteiger partial charge on any atom is -0.383 e. The minimum atomic E-state index is 0.204. The van der Waals surface area contributed by atoms with E-state index < -0.39 is 0 Å². The Kier molecular flexibility index (Phi) is 4.13. The van der Waals surface area contributed by atoms with E-state index in [2.05, 4.69) is 11.1 Å². The molecule has 3 nitrogen and oxygen atoms in total. The highest BCUT2D eigenvalue weighted by atomic mass is 16.1. The number of pyridine rings is 1. The second kappa shape index (κ2) is 5.80. The van der Waals surface area contributed by atoms with Crippen LogP contribution in [0.5, 0.6) is 0 Å². The topological polar surface area (TPSA) is 56.0 Å². The number of carbonyl (C=O) groups excluding carboxylic acids is 1. The summed E-state index contributed by atoms with van der Waals surface area (Å²) in [5, 5.41) is 0. The van der Waals surface area contributed by atoms with Crippen molar-refractivity contribution in [3.63, 3.8) is 0 Å². The Labute approximate surface area is 108 Å². The zero-order valence-corrected chi connectivity index (χ0v) is 10.8. The van der Waals surface area contributed by atoms with Crippen molar-refractivity contribution in [3.8, 4) is 0 Å². The van der Waals surface area contributed by atoms with Crippen LogP contribution in [0.1, 0.15) is 44.1 Å². The summed E-state index contributed by atoms with van der Waals surface area (Å²) in [6, 6.07) is 3.99. The lowest BCUT2D eigenvalue weighted by atomic mass is 9.77. The maximum absolute atomic E-state index is 11.8. The zero-order chi connectivity index (χ0) is 13.0. The molecule has 0 atom stereocenters. The molecule has 0 aliphatic heterocycles. The molecule has 0 amide bonds. The monoisotopic (exact) mass is 244 g/mol. The van der Waals surface area contributed by atoms with E-state index in [0.717, 1.165) is 31.2 Å². The van der Waals surface area contributed by atoms with Crippen molar-refractivity contribution in [1.82, 2.24) is 4.98 Å². The van der Waals surface area contributed by atoms with Gasteiger partial charge in [0.25, 0.3) is 0 Å². The molecule has 0 bridgehead atoms. The second-order valence-corrected chi connectivity index (χ2v) is 4.93. The number of nitrogens with zero attached hydrogens (tertiary/aromatic N) is 1. The molecule has 2 rings (SSSR count). The van der Waals surface area contributed by atoms with Crippen LogP contribution in [-0.4, -0.2) is 10.8 Å². The van der Waals surface area contributed by atoms with Crippen molar-refractivity contribution in [2.24, 2.45) is 5.92 Å². The summed E-state index contributed by atoms with van der Waals surface area (Å²) in [5.74, 6) is 1.58. The molecule has 0 spiro atoms. The largest absolute Gasteiger partial charge is 0.383 e. The number of aromatic nitrogens is 1. The smallest absolute Gasteiger partial charge is 0.158 e. The predicted molar refractivity (Wildman–Crippen MR) is 73.2 cm³/mol. The van der Waals surface area contributed by atoms with Gasteiger partial charge in [0.2, 0.25) is 0 Å². The number of carbonyl (C=O) groups is 1. The van der Waals surface area contributed by atoms with E-state index in [9.17, 15) is 4.79 Å². The second-order valence-electron chi connectivity index (χ2n) is 4.93. The van der Waals surface area contributed by atoms with Gasteiger partial charge in [0, 0.05) is 12.1 Å². The molecule has 0 aromatic carbocycles. The molecule has 1 saturated carbocycles. The average Bonchev–Trinajstić information content (AvgIpc) is 2.40. The van der Waals surface area contributed by atoms with Gasteiger partial charge in [0.05, 0.1) is 0 Å². The number of allylic oxidation sites excluding steroid dienone is 2.